The van der Waals surface area contributed by atoms with Gasteiger partial charge in [0.25, 0.3) is 0 Å². The van der Waals surface area contributed by atoms with E-state index in [4.69, 9.17) is 16.3 Å². The van der Waals surface area contributed by atoms with E-state index < -0.39 is 5.37 Å². The third kappa shape index (κ3) is 2.51. The molecule has 0 spiro atoms. The van der Waals surface area contributed by atoms with Gasteiger partial charge >= 0.3 is 5.37 Å². The van der Waals surface area contributed by atoms with Crippen LogP contribution in [-0.2, 0) is 4.74 Å². The van der Waals surface area contributed by atoms with Crippen LogP contribution in [0.4, 0.5) is 4.79 Å². The van der Waals surface area contributed by atoms with Crippen molar-refractivity contribution in [2.45, 2.75) is 0 Å². The molecule has 1 rings (SSSR count). The Hall–Kier alpha value is -0.320. The Labute approximate surface area is 64.1 Å². The molecular weight excluding hydrogens is 156 g/mol. The first kappa shape index (κ1) is 7.78. The second kappa shape index (κ2) is 3.75. The van der Waals surface area contributed by atoms with Gasteiger partial charge in [-0.1, -0.05) is 0 Å². The Morgan fingerprint density at radius 3 is 2.60 bits per heavy atom. The lowest BCUT2D eigenvalue weighted by Gasteiger charge is -2.25. The maximum atomic E-state index is 10.3. The summed E-state index contributed by atoms with van der Waals surface area (Å²) in [5.74, 6) is 0. The zero-order valence-electron chi connectivity index (χ0n) is 5.47. The van der Waals surface area contributed by atoms with Crippen LogP contribution in [0.3, 0.4) is 0 Å². The van der Waals surface area contributed by atoms with Crippen molar-refractivity contribution >= 4 is 17.0 Å². The number of nitrogens with one attached hydrogen (secondary N) is 1. The highest BCUT2D eigenvalue weighted by Gasteiger charge is 2.10. The number of carbonyl (C=O) groups excluding carboxylic acids is 1. The highest BCUT2D eigenvalue weighted by Crippen LogP contribution is 1.92. The van der Waals surface area contributed by atoms with Gasteiger partial charge in [-0.3, -0.25) is 10.2 Å². The number of carbonyl (C=O) groups is 1. The Morgan fingerprint density at radius 1 is 1.50 bits per heavy atom. The number of nitrogens with zero attached hydrogens (tertiary/aromatic N) is 1. The molecule has 0 unspecified atom stereocenters. The SMILES string of the molecule is O=C(Cl)NN1CCOCC1. The lowest BCUT2D eigenvalue weighted by molar-refractivity contribution is 0.0217. The van der Waals surface area contributed by atoms with Gasteiger partial charge in [0.2, 0.25) is 0 Å². The summed E-state index contributed by atoms with van der Waals surface area (Å²) >= 11 is 5.08. The lowest BCUT2D eigenvalue weighted by Crippen LogP contribution is -2.46. The molecule has 1 amide bonds. The summed E-state index contributed by atoms with van der Waals surface area (Å²) in [7, 11) is 0. The van der Waals surface area contributed by atoms with E-state index in [2.05, 4.69) is 5.43 Å². The zero-order chi connectivity index (χ0) is 7.40. The van der Waals surface area contributed by atoms with Crippen LogP contribution in [0, 0.1) is 0 Å². The smallest absolute Gasteiger partial charge is 0.328 e. The van der Waals surface area contributed by atoms with Crippen LogP contribution in [0.1, 0.15) is 0 Å². The van der Waals surface area contributed by atoms with E-state index in [1.807, 2.05) is 0 Å². The van der Waals surface area contributed by atoms with Crippen LogP contribution in [0.15, 0.2) is 0 Å². The number of ether oxygens (including phenoxy) is 1. The minimum Gasteiger partial charge on any atom is -0.379 e. The maximum absolute atomic E-state index is 10.3. The minimum absolute atomic E-state index is 0.540. The summed E-state index contributed by atoms with van der Waals surface area (Å²) in [6.45, 7) is 2.71. The van der Waals surface area contributed by atoms with Gasteiger partial charge in [0.05, 0.1) is 13.2 Å². The average Bonchev–Trinajstić information content (AvgIpc) is 1.88. The van der Waals surface area contributed by atoms with Crippen LogP contribution in [0.25, 0.3) is 0 Å². The Morgan fingerprint density at radius 2 is 2.10 bits per heavy atom. The number of hydrogen-bond donors (Lipinski definition) is 1. The highest BCUT2D eigenvalue weighted by atomic mass is 35.5. The molecule has 0 aromatic heterocycles. The number of amides is 1. The van der Waals surface area contributed by atoms with Crippen molar-refractivity contribution in [2.75, 3.05) is 26.3 Å². The molecule has 0 radical (unpaired) electrons. The molecule has 1 aliphatic heterocycles. The molecule has 5 heteroatoms. The fourth-order valence-electron chi connectivity index (χ4n) is 0.799. The zero-order valence-corrected chi connectivity index (χ0v) is 6.23. The molecule has 1 fully saturated rings. The molecule has 0 aliphatic carbocycles. The molecular formula is C5H9ClN2O2. The van der Waals surface area contributed by atoms with Gasteiger partial charge in [0, 0.05) is 13.1 Å². The van der Waals surface area contributed by atoms with Crippen LogP contribution < -0.4 is 5.43 Å². The van der Waals surface area contributed by atoms with Gasteiger partial charge in [-0.2, -0.15) is 0 Å². The first-order valence-corrected chi connectivity index (χ1v) is 3.45. The molecule has 58 valence electrons. The summed E-state index contributed by atoms with van der Waals surface area (Å²) in [6, 6.07) is 0. The molecule has 0 bridgehead atoms. The Balaban J connectivity index is 2.19. The van der Waals surface area contributed by atoms with Crippen molar-refractivity contribution < 1.29 is 9.53 Å². The molecule has 1 heterocycles. The van der Waals surface area contributed by atoms with Crippen molar-refractivity contribution in [3.63, 3.8) is 0 Å². The molecule has 1 saturated heterocycles. The number of hydrazine groups is 1. The van der Waals surface area contributed by atoms with E-state index in [9.17, 15) is 4.79 Å². The third-order valence-electron chi connectivity index (χ3n) is 1.26. The van der Waals surface area contributed by atoms with Crippen molar-refractivity contribution in [1.29, 1.82) is 0 Å². The molecule has 0 aromatic carbocycles. The Bertz CT molecular complexity index is 125. The molecule has 1 N–H and O–H groups in total. The van der Waals surface area contributed by atoms with Gasteiger partial charge in [-0.25, -0.2) is 5.01 Å². The van der Waals surface area contributed by atoms with Crippen molar-refractivity contribution in [1.82, 2.24) is 10.4 Å². The topological polar surface area (TPSA) is 41.6 Å². The van der Waals surface area contributed by atoms with Gasteiger partial charge in [0.15, 0.2) is 0 Å². The third-order valence-corrected chi connectivity index (χ3v) is 1.34. The molecule has 0 aromatic rings. The predicted octanol–water partition coefficient (Wildman–Crippen LogP) is 0.182. The van der Waals surface area contributed by atoms with Crippen molar-refractivity contribution in [2.24, 2.45) is 0 Å². The van der Waals surface area contributed by atoms with Crippen LogP contribution >= 0.6 is 11.6 Å². The quantitative estimate of drug-likeness (QED) is 0.444. The first-order valence-electron chi connectivity index (χ1n) is 3.08. The highest BCUT2D eigenvalue weighted by molar-refractivity contribution is 6.62. The van der Waals surface area contributed by atoms with Crippen molar-refractivity contribution in [3.05, 3.63) is 0 Å². The number of rotatable bonds is 1. The molecule has 0 saturated carbocycles. The van der Waals surface area contributed by atoms with Crippen LogP contribution in [0.5, 0.6) is 0 Å². The van der Waals surface area contributed by atoms with Crippen LogP contribution in [0.2, 0.25) is 0 Å². The Kier molecular flexibility index (Phi) is 2.92. The minimum atomic E-state index is -0.540. The van der Waals surface area contributed by atoms with Gasteiger partial charge in [-0.15, -0.1) is 0 Å². The molecule has 4 nitrogen and oxygen atoms in total. The second-order valence-electron chi connectivity index (χ2n) is 1.98. The number of hydrogen-bond acceptors (Lipinski definition) is 3. The molecule has 0 atom stereocenters. The van der Waals surface area contributed by atoms with Gasteiger partial charge in [-0.05, 0) is 11.6 Å². The first-order chi connectivity index (χ1) is 4.79. The molecule has 1 aliphatic rings. The van der Waals surface area contributed by atoms with E-state index in [-0.39, 0.29) is 0 Å². The van der Waals surface area contributed by atoms with E-state index in [1.54, 1.807) is 5.01 Å². The summed E-state index contributed by atoms with van der Waals surface area (Å²) < 4.78 is 5.05. The van der Waals surface area contributed by atoms with Gasteiger partial charge in [0.1, 0.15) is 0 Å². The monoisotopic (exact) mass is 164 g/mol. The van der Waals surface area contributed by atoms with Gasteiger partial charge < -0.3 is 4.74 Å². The second-order valence-corrected chi connectivity index (χ2v) is 2.33. The predicted molar refractivity (Wildman–Crippen MR) is 36.8 cm³/mol. The number of halogens is 1. The van der Waals surface area contributed by atoms with E-state index in [0.717, 1.165) is 0 Å². The standard InChI is InChI=1S/C5H9ClN2O2/c6-5(9)7-8-1-3-10-4-2-8/h1-4H2,(H,7,9). The summed E-state index contributed by atoms with van der Waals surface area (Å²) in [6.07, 6.45) is 0. The maximum Gasteiger partial charge on any atom is 0.328 e. The van der Waals surface area contributed by atoms with E-state index in [0.29, 0.717) is 26.3 Å². The number of morpholine rings is 1. The summed E-state index contributed by atoms with van der Waals surface area (Å²) in [5.41, 5.74) is 2.46. The fraction of sp³-hybridized carbons (Fsp3) is 0.800. The lowest BCUT2D eigenvalue weighted by atomic mass is 10.5. The summed E-state index contributed by atoms with van der Waals surface area (Å²) in [4.78, 5) is 10.3. The van der Waals surface area contributed by atoms with E-state index >= 15 is 0 Å². The fourth-order valence-corrected chi connectivity index (χ4v) is 0.919. The largest absolute Gasteiger partial charge is 0.379 e. The van der Waals surface area contributed by atoms with E-state index in [1.165, 1.54) is 0 Å². The van der Waals surface area contributed by atoms with Crippen molar-refractivity contribution in [3.8, 4) is 0 Å². The van der Waals surface area contributed by atoms with Crippen LogP contribution in [-0.4, -0.2) is 36.7 Å². The average molecular weight is 165 g/mol. The summed E-state index contributed by atoms with van der Waals surface area (Å²) in [5, 5.41) is 1.20. The normalized spacial score (nSPS) is 20.5. The molecule has 10 heavy (non-hydrogen) atoms.